The Morgan fingerprint density at radius 3 is 2.55 bits per heavy atom. The fourth-order valence-electron chi connectivity index (χ4n) is 2.30. The van der Waals surface area contributed by atoms with Gasteiger partial charge in [-0.3, -0.25) is 4.79 Å². The van der Waals surface area contributed by atoms with E-state index in [2.05, 4.69) is 10.2 Å². The molecule has 0 spiro atoms. The summed E-state index contributed by atoms with van der Waals surface area (Å²) in [6.07, 6.45) is 1.91. The van der Waals surface area contributed by atoms with E-state index in [1.807, 2.05) is 7.05 Å². The molecule has 1 N–H and O–H groups in total. The molecule has 0 unspecified atom stereocenters. The molecule has 110 valence electrons. The van der Waals surface area contributed by atoms with Crippen molar-refractivity contribution in [1.29, 1.82) is 0 Å². The van der Waals surface area contributed by atoms with Gasteiger partial charge in [-0.2, -0.15) is 0 Å². The van der Waals surface area contributed by atoms with Gasteiger partial charge >= 0.3 is 0 Å². The molecule has 1 aromatic carbocycles. The molecule has 0 aromatic heterocycles. The Kier molecular flexibility index (Phi) is 4.65. The summed E-state index contributed by atoms with van der Waals surface area (Å²) in [4.78, 5) is 14.0. The summed E-state index contributed by atoms with van der Waals surface area (Å²) in [6, 6.07) is 1.71. The SMILES string of the molecule is CN1CCC(CNC(=O)c2ccc(F)c(F)c2F)CC1. The van der Waals surface area contributed by atoms with E-state index in [0.717, 1.165) is 38.1 Å². The van der Waals surface area contributed by atoms with Crippen LogP contribution in [0.5, 0.6) is 0 Å². The number of halogens is 3. The maximum Gasteiger partial charge on any atom is 0.254 e. The molecule has 0 bridgehead atoms. The lowest BCUT2D eigenvalue weighted by atomic mass is 9.97. The normalized spacial score (nSPS) is 17.2. The van der Waals surface area contributed by atoms with Crippen molar-refractivity contribution in [1.82, 2.24) is 10.2 Å². The number of nitrogens with one attached hydrogen (secondary N) is 1. The topological polar surface area (TPSA) is 32.3 Å². The van der Waals surface area contributed by atoms with Crippen LogP contribution in [0, 0.1) is 23.4 Å². The molecule has 0 aliphatic carbocycles. The number of hydrogen-bond acceptors (Lipinski definition) is 2. The van der Waals surface area contributed by atoms with E-state index < -0.39 is 28.9 Å². The molecule has 0 radical (unpaired) electrons. The van der Waals surface area contributed by atoms with E-state index in [0.29, 0.717) is 12.5 Å². The Bertz CT molecular complexity index is 499. The molecular formula is C14H17F3N2O. The molecule has 2 rings (SSSR count). The van der Waals surface area contributed by atoms with Crippen LogP contribution in [0.15, 0.2) is 12.1 Å². The highest BCUT2D eigenvalue weighted by atomic mass is 19.2. The molecule has 6 heteroatoms. The van der Waals surface area contributed by atoms with Crippen LogP contribution in [0.25, 0.3) is 0 Å². The van der Waals surface area contributed by atoms with Gasteiger partial charge in [0.1, 0.15) is 0 Å². The molecule has 1 saturated heterocycles. The van der Waals surface area contributed by atoms with Crippen LogP contribution in [-0.2, 0) is 0 Å². The van der Waals surface area contributed by atoms with Crippen LogP contribution in [0.2, 0.25) is 0 Å². The van der Waals surface area contributed by atoms with Gasteiger partial charge in [0.25, 0.3) is 5.91 Å². The molecule has 1 amide bonds. The number of benzene rings is 1. The monoisotopic (exact) mass is 286 g/mol. The van der Waals surface area contributed by atoms with Crippen molar-refractivity contribution < 1.29 is 18.0 Å². The van der Waals surface area contributed by atoms with Crippen molar-refractivity contribution in [2.45, 2.75) is 12.8 Å². The van der Waals surface area contributed by atoms with Gasteiger partial charge in [0, 0.05) is 6.54 Å². The predicted molar refractivity (Wildman–Crippen MR) is 68.9 cm³/mol. The Hall–Kier alpha value is -1.56. The smallest absolute Gasteiger partial charge is 0.254 e. The fourth-order valence-corrected chi connectivity index (χ4v) is 2.30. The average Bonchev–Trinajstić information content (AvgIpc) is 2.44. The number of amides is 1. The number of piperidine rings is 1. The Balaban J connectivity index is 1.94. The van der Waals surface area contributed by atoms with Crippen molar-refractivity contribution in [2.24, 2.45) is 5.92 Å². The molecule has 3 nitrogen and oxygen atoms in total. The third-order valence-electron chi connectivity index (χ3n) is 3.67. The number of rotatable bonds is 3. The largest absolute Gasteiger partial charge is 0.352 e. The zero-order valence-electron chi connectivity index (χ0n) is 11.3. The van der Waals surface area contributed by atoms with Crippen LogP contribution < -0.4 is 5.32 Å². The Labute approximate surface area is 115 Å². The van der Waals surface area contributed by atoms with Crippen molar-refractivity contribution in [3.63, 3.8) is 0 Å². The minimum Gasteiger partial charge on any atom is -0.352 e. The molecule has 1 fully saturated rings. The molecule has 1 aliphatic heterocycles. The molecule has 1 aromatic rings. The zero-order chi connectivity index (χ0) is 14.7. The van der Waals surface area contributed by atoms with Gasteiger partial charge in [-0.15, -0.1) is 0 Å². The first-order valence-electron chi connectivity index (χ1n) is 6.59. The van der Waals surface area contributed by atoms with E-state index in [-0.39, 0.29) is 0 Å². The Morgan fingerprint density at radius 2 is 1.90 bits per heavy atom. The van der Waals surface area contributed by atoms with Crippen molar-refractivity contribution in [3.05, 3.63) is 35.1 Å². The second-order valence-corrected chi connectivity index (χ2v) is 5.18. The van der Waals surface area contributed by atoms with E-state index in [9.17, 15) is 18.0 Å². The first kappa shape index (κ1) is 14.8. The first-order valence-corrected chi connectivity index (χ1v) is 6.59. The number of carbonyl (C=O) groups is 1. The summed E-state index contributed by atoms with van der Waals surface area (Å²) in [5.74, 6) is -4.72. The van der Waals surface area contributed by atoms with Gasteiger partial charge in [-0.05, 0) is 51.0 Å². The van der Waals surface area contributed by atoms with Gasteiger partial charge in [-0.25, -0.2) is 13.2 Å². The van der Waals surface area contributed by atoms with E-state index in [1.54, 1.807) is 0 Å². The van der Waals surface area contributed by atoms with Crippen LogP contribution in [0.4, 0.5) is 13.2 Å². The first-order chi connectivity index (χ1) is 9.49. The highest BCUT2D eigenvalue weighted by molar-refractivity contribution is 5.94. The third-order valence-corrected chi connectivity index (χ3v) is 3.67. The van der Waals surface area contributed by atoms with Gasteiger partial charge in [0.05, 0.1) is 5.56 Å². The van der Waals surface area contributed by atoms with Crippen LogP contribution in [0.1, 0.15) is 23.2 Å². The summed E-state index contributed by atoms with van der Waals surface area (Å²) >= 11 is 0. The lowest BCUT2D eigenvalue weighted by molar-refractivity contribution is 0.0933. The number of hydrogen-bond donors (Lipinski definition) is 1. The minimum atomic E-state index is -1.61. The number of carbonyl (C=O) groups excluding carboxylic acids is 1. The number of likely N-dealkylation sites (tertiary alicyclic amines) is 1. The predicted octanol–water partition coefficient (Wildman–Crippen LogP) is 2.18. The molecular weight excluding hydrogens is 269 g/mol. The summed E-state index contributed by atoms with van der Waals surface area (Å²) in [5.41, 5.74) is -0.461. The van der Waals surface area contributed by atoms with E-state index >= 15 is 0 Å². The lowest BCUT2D eigenvalue weighted by Crippen LogP contribution is -2.37. The summed E-state index contributed by atoms with van der Waals surface area (Å²) in [7, 11) is 2.03. The molecule has 1 heterocycles. The maximum atomic E-state index is 13.4. The second-order valence-electron chi connectivity index (χ2n) is 5.18. The van der Waals surface area contributed by atoms with Gasteiger partial charge in [0.15, 0.2) is 17.5 Å². The minimum absolute atomic E-state index is 0.337. The molecule has 0 atom stereocenters. The van der Waals surface area contributed by atoms with Gasteiger partial charge < -0.3 is 10.2 Å². The van der Waals surface area contributed by atoms with Crippen molar-refractivity contribution in [2.75, 3.05) is 26.7 Å². The van der Waals surface area contributed by atoms with E-state index in [4.69, 9.17) is 0 Å². The Morgan fingerprint density at radius 1 is 1.25 bits per heavy atom. The quantitative estimate of drug-likeness (QED) is 0.864. The van der Waals surface area contributed by atoms with Crippen LogP contribution >= 0.6 is 0 Å². The summed E-state index contributed by atoms with van der Waals surface area (Å²) < 4.78 is 39.3. The van der Waals surface area contributed by atoms with Crippen molar-refractivity contribution >= 4 is 5.91 Å². The van der Waals surface area contributed by atoms with Crippen molar-refractivity contribution in [3.8, 4) is 0 Å². The molecule has 20 heavy (non-hydrogen) atoms. The second kappa shape index (κ2) is 6.26. The summed E-state index contributed by atoms with van der Waals surface area (Å²) in [6.45, 7) is 2.34. The number of nitrogens with zero attached hydrogens (tertiary/aromatic N) is 1. The maximum absolute atomic E-state index is 13.4. The lowest BCUT2D eigenvalue weighted by Gasteiger charge is -2.28. The zero-order valence-corrected chi connectivity index (χ0v) is 11.3. The van der Waals surface area contributed by atoms with Crippen LogP contribution in [-0.4, -0.2) is 37.5 Å². The van der Waals surface area contributed by atoms with Gasteiger partial charge in [0.2, 0.25) is 0 Å². The third kappa shape index (κ3) is 3.30. The summed E-state index contributed by atoms with van der Waals surface area (Å²) in [5, 5.41) is 2.58. The standard InChI is InChI=1S/C14H17F3N2O/c1-19-6-4-9(5-7-19)8-18-14(20)10-2-3-11(15)13(17)12(10)16/h2-3,9H,4-8H2,1H3,(H,18,20). The average molecular weight is 286 g/mol. The molecule has 1 aliphatic rings. The van der Waals surface area contributed by atoms with Crippen LogP contribution in [0.3, 0.4) is 0 Å². The highest BCUT2D eigenvalue weighted by Crippen LogP contribution is 2.17. The fraction of sp³-hybridized carbons (Fsp3) is 0.500. The molecule has 0 saturated carbocycles. The highest BCUT2D eigenvalue weighted by Gasteiger charge is 2.21. The van der Waals surface area contributed by atoms with Gasteiger partial charge in [-0.1, -0.05) is 0 Å². The van der Waals surface area contributed by atoms with E-state index in [1.165, 1.54) is 0 Å².